The molecule has 0 atom stereocenters. The van der Waals surface area contributed by atoms with Crippen LogP contribution < -0.4 is 5.32 Å². The van der Waals surface area contributed by atoms with E-state index in [1.165, 1.54) is 6.08 Å². The van der Waals surface area contributed by atoms with Gasteiger partial charge >= 0.3 is 0 Å². The molecular weight excluding hydrogens is 326 g/mol. The quantitative estimate of drug-likeness (QED) is 0.741. The lowest BCUT2D eigenvalue weighted by Crippen LogP contribution is -2.07. The highest BCUT2D eigenvalue weighted by Crippen LogP contribution is 2.20. The van der Waals surface area contributed by atoms with Crippen molar-refractivity contribution in [3.8, 4) is 5.69 Å². The van der Waals surface area contributed by atoms with Crippen molar-refractivity contribution in [1.29, 1.82) is 0 Å². The van der Waals surface area contributed by atoms with Gasteiger partial charge in [0.05, 0.1) is 12.0 Å². The number of carbonyl (C=O) groups is 1. The fourth-order valence-electron chi connectivity index (χ4n) is 2.31. The number of nitrogens with zero attached hydrogens (tertiary/aromatic N) is 4. The number of amides is 1. The first-order chi connectivity index (χ1) is 11.5. The summed E-state index contributed by atoms with van der Waals surface area (Å²) in [5.74, 6) is -0.232. The van der Waals surface area contributed by atoms with Crippen molar-refractivity contribution < 1.29 is 4.79 Å². The highest BCUT2D eigenvalue weighted by Gasteiger charge is 2.08. The first kappa shape index (κ1) is 16.0. The molecule has 0 radical (unpaired) electrons. The third-order valence-corrected chi connectivity index (χ3v) is 3.98. The smallest absolute Gasteiger partial charge is 0.248 e. The Kier molecular flexibility index (Phi) is 4.48. The largest absolute Gasteiger partial charge is 0.323 e. The van der Waals surface area contributed by atoms with Gasteiger partial charge in [-0.15, -0.1) is 0 Å². The van der Waals surface area contributed by atoms with Crippen LogP contribution in [-0.4, -0.2) is 25.2 Å². The number of carbonyl (C=O) groups excluding carboxylic acids is 1. The van der Waals surface area contributed by atoms with E-state index in [0.717, 1.165) is 16.9 Å². The minimum Gasteiger partial charge on any atom is -0.323 e. The molecule has 0 aliphatic heterocycles. The molecule has 6 nitrogen and oxygen atoms in total. The van der Waals surface area contributed by atoms with E-state index in [2.05, 4.69) is 15.4 Å². The summed E-state index contributed by atoms with van der Waals surface area (Å²) in [6.07, 6.45) is 8.40. The number of benzene rings is 1. The van der Waals surface area contributed by atoms with Gasteiger partial charge in [-0.1, -0.05) is 11.6 Å². The van der Waals surface area contributed by atoms with Crippen LogP contribution in [0.25, 0.3) is 11.8 Å². The van der Waals surface area contributed by atoms with Gasteiger partial charge in [0.25, 0.3) is 0 Å². The van der Waals surface area contributed by atoms with Gasteiger partial charge in [0.1, 0.15) is 5.15 Å². The van der Waals surface area contributed by atoms with E-state index in [1.54, 1.807) is 30.3 Å². The third kappa shape index (κ3) is 3.38. The standard InChI is InChI=1S/C17H16ClN5O/c1-12-15(17(18)22(2)21-12)7-8-16(24)20-13-3-5-14(6-4-13)23-10-9-19-11-23/h3-11H,1-2H3,(H,20,24)/b8-7+. The highest BCUT2D eigenvalue weighted by molar-refractivity contribution is 6.31. The summed E-state index contributed by atoms with van der Waals surface area (Å²) in [4.78, 5) is 16.1. The second kappa shape index (κ2) is 6.72. The van der Waals surface area contributed by atoms with Crippen LogP contribution in [0.1, 0.15) is 11.3 Å². The van der Waals surface area contributed by atoms with Gasteiger partial charge in [-0.3, -0.25) is 9.48 Å². The SMILES string of the molecule is Cc1nn(C)c(Cl)c1/C=C/C(=O)Nc1ccc(-n2ccnc2)cc1. The molecule has 1 aromatic carbocycles. The molecule has 2 aromatic heterocycles. The van der Waals surface area contributed by atoms with Crippen LogP contribution in [0.4, 0.5) is 5.69 Å². The molecule has 0 bridgehead atoms. The molecular formula is C17H16ClN5O. The molecule has 122 valence electrons. The van der Waals surface area contributed by atoms with Crippen LogP contribution in [0.15, 0.2) is 49.1 Å². The Morgan fingerprint density at radius 1 is 1.29 bits per heavy atom. The van der Waals surface area contributed by atoms with Gasteiger partial charge in [0, 0.05) is 42.5 Å². The van der Waals surface area contributed by atoms with Crippen molar-refractivity contribution in [2.45, 2.75) is 6.92 Å². The number of anilines is 1. The number of hydrogen-bond donors (Lipinski definition) is 1. The lowest BCUT2D eigenvalue weighted by atomic mass is 10.2. The van der Waals surface area contributed by atoms with Gasteiger partial charge in [-0.2, -0.15) is 5.10 Å². The lowest BCUT2D eigenvalue weighted by Gasteiger charge is -2.05. The lowest BCUT2D eigenvalue weighted by molar-refractivity contribution is -0.111. The number of aryl methyl sites for hydroxylation is 2. The molecule has 0 aliphatic carbocycles. The maximum Gasteiger partial charge on any atom is 0.248 e. The Balaban J connectivity index is 1.67. The minimum absolute atomic E-state index is 0.232. The van der Waals surface area contributed by atoms with Crippen molar-refractivity contribution in [3.05, 3.63) is 65.5 Å². The Bertz CT molecular complexity index is 879. The zero-order valence-electron chi connectivity index (χ0n) is 13.3. The van der Waals surface area contributed by atoms with Gasteiger partial charge in [-0.25, -0.2) is 4.98 Å². The highest BCUT2D eigenvalue weighted by atomic mass is 35.5. The van der Waals surface area contributed by atoms with Gasteiger partial charge in [-0.05, 0) is 37.3 Å². The predicted octanol–water partition coefficient (Wildman–Crippen LogP) is 3.22. The minimum atomic E-state index is -0.232. The Hall–Kier alpha value is -2.86. The van der Waals surface area contributed by atoms with Crippen molar-refractivity contribution >= 4 is 29.3 Å². The van der Waals surface area contributed by atoms with E-state index in [0.29, 0.717) is 10.8 Å². The zero-order valence-corrected chi connectivity index (χ0v) is 14.0. The summed E-state index contributed by atoms with van der Waals surface area (Å²) in [7, 11) is 1.76. The molecule has 0 spiro atoms. The molecule has 2 heterocycles. The van der Waals surface area contributed by atoms with E-state index in [9.17, 15) is 4.79 Å². The summed E-state index contributed by atoms with van der Waals surface area (Å²) >= 11 is 6.13. The average molecular weight is 342 g/mol. The van der Waals surface area contributed by atoms with Crippen LogP contribution in [0.5, 0.6) is 0 Å². The van der Waals surface area contributed by atoms with E-state index < -0.39 is 0 Å². The van der Waals surface area contributed by atoms with Gasteiger partial charge < -0.3 is 9.88 Å². The normalized spacial score (nSPS) is 11.1. The van der Waals surface area contributed by atoms with Crippen LogP contribution in [0.2, 0.25) is 5.15 Å². The maximum atomic E-state index is 12.0. The van der Waals surface area contributed by atoms with Crippen LogP contribution in [-0.2, 0) is 11.8 Å². The van der Waals surface area contributed by atoms with E-state index in [1.807, 2.05) is 42.0 Å². The predicted molar refractivity (Wildman–Crippen MR) is 94.2 cm³/mol. The fourth-order valence-corrected chi connectivity index (χ4v) is 2.54. The fraction of sp³-hybridized carbons (Fsp3) is 0.118. The van der Waals surface area contributed by atoms with E-state index in [4.69, 9.17) is 11.6 Å². The summed E-state index contributed by atoms with van der Waals surface area (Å²) < 4.78 is 3.46. The average Bonchev–Trinajstić information content (AvgIpc) is 3.17. The van der Waals surface area contributed by atoms with Gasteiger partial charge in [0.2, 0.25) is 5.91 Å². The molecule has 0 saturated heterocycles. The molecule has 0 saturated carbocycles. The Morgan fingerprint density at radius 3 is 2.62 bits per heavy atom. The first-order valence-corrected chi connectivity index (χ1v) is 7.69. The Labute approximate surface area is 144 Å². The number of rotatable bonds is 4. The van der Waals surface area contributed by atoms with Gasteiger partial charge in [0.15, 0.2) is 0 Å². The van der Waals surface area contributed by atoms with E-state index >= 15 is 0 Å². The van der Waals surface area contributed by atoms with E-state index in [-0.39, 0.29) is 5.91 Å². The number of imidazole rings is 1. The molecule has 7 heteroatoms. The van der Waals surface area contributed by atoms with Crippen LogP contribution in [0, 0.1) is 6.92 Å². The van der Waals surface area contributed by atoms with Crippen molar-refractivity contribution in [1.82, 2.24) is 19.3 Å². The number of hydrogen-bond acceptors (Lipinski definition) is 3. The summed E-state index contributed by atoms with van der Waals surface area (Å²) in [5.41, 5.74) is 3.20. The zero-order chi connectivity index (χ0) is 17.1. The number of aromatic nitrogens is 4. The Morgan fingerprint density at radius 2 is 2.04 bits per heavy atom. The molecule has 24 heavy (non-hydrogen) atoms. The molecule has 0 aliphatic rings. The third-order valence-electron chi connectivity index (χ3n) is 3.53. The van der Waals surface area contributed by atoms with Crippen LogP contribution in [0.3, 0.4) is 0 Å². The number of nitrogens with one attached hydrogen (secondary N) is 1. The van der Waals surface area contributed by atoms with Crippen molar-refractivity contribution in [2.75, 3.05) is 5.32 Å². The second-order valence-corrected chi connectivity index (χ2v) is 5.61. The molecule has 0 fully saturated rings. The van der Waals surface area contributed by atoms with Crippen LogP contribution >= 0.6 is 11.6 Å². The van der Waals surface area contributed by atoms with Crippen molar-refractivity contribution in [3.63, 3.8) is 0 Å². The monoisotopic (exact) mass is 341 g/mol. The molecule has 1 N–H and O–H groups in total. The summed E-state index contributed by atoms with van der Waals surface area (Å²) in [6.45, 7) is 1.85. The summed E-state index contributed by atoms with van der Waals surface area (Å²) in [5, 5.41) is 7.51. The topological polar surface area (TPSA) is 64.7 Å². The second-order valence-electron chi connectivity index (χ2n) is 5.25. The van der Waals surface area contributed by atoms with Crippen molar-refractivity contribution in [2.24, 2.45) is 7.05 Å². The molecule has 3 rings (SSSR count). The summed E-state index contributed by atoms with van der Waals surface area (Å²) in [6, 6.07) is 7.49. The first-order valence-electron chi connectivity index (χ1n) is 7.31. The molecule has 0 unspecified atom stereocenters. The molecule has 3 aromatic rings. The number of halogens is 1. The molecule has 1 amide bonds. The maximum absolute atomic E-state index is 12.0.